The summed E-state index contributed by atoms with van der Waals surface area (Å²) >= 11 is 1.56. The molecule has 0 radical (unpaired) electrons. The highest BCUT2D eigenvalue weighted by Gasteiger charge is 2.21. The van der Waals surface area contributed by atoms with Crippen LogP contribution in [0.2, 0.25) is 0 Å². The molecule has 2 heterocycles. The van der Waals surface area contributed by atoms with Crippen molar-refractivity contribution in [2.75, 3.05) is 23.8 Å². The minimum absolute atomic E-state index is 0.132. The number of aliphatic hydroxyl groups excluding tert-OH is 1. The second-order valence-electron chi connectivity index (χ2n) is 4.81. The fourth-order valence-corrected chi connectivity index (χ4v) is 2.39. The number of rotatable bonds is 5. The lowest BCUT2D eigenvalue weighted by atomic mass is 10.5. The molecule has 0 saturated carbocycles. The number of anilines is 1. The fourth-order valence-electron chi connectivity index (χ4n) is 1.75. The third-order valence-corrected chi connectivity index (χ3v) is 4.68. The standard InChI is InChI=1S/C10H15N5O2S.C2H6O3S/c1-13-5-15(6-18-4-3-16)8-7(13)9(17)14(2)10(11)12-8;1-2-6(3,4)5/h5,16H,3-4,6H2,1-2H3,(H-,11,12,17);2H2,1H3,(H,3,4,5). The van der Waals surface area contributed by atoms with Crippen LogP contribution in [0.15, 0.2) is 11.1 Å². The number of aromatic nitrogens is 4. The van der Waals surface area contributed by atoms with Crippen molar-refractivity contribution in [2.45, 2.75) is 12.8 Å². The first-order valence-corrected chi connectivity index (χ1v) is 9.68. The van der Waals surface area contributed by atoms with E-state index in [0.717, 1.165) is 0 Å². The molecule has 0 aromatic carbocycles. The van der Waals surface area contributed by atoms with Gasteiger partial charge in [0.2, 0.25) is 5.52 Å². The van der Waals surface area contributed by atoms with Crippen LogP contribution < -0.4 is 15.9 Å². The van der Waals surface area contributed by atoms with E-state index in [0.29, 0.717) is 22.8 Å². The summed E-state index contributed by atoms with van der Waals surface area (Å²) in [5.74, 6) is 1.15. The van der Waals surface area contributed by atoms with Gasteiger partial charge >= 0.3 is 11.2 Å². The number of thioether (sulfide) groups is 1. The average Bonchev–Trinajstić information content (AvgIpc) is 2.81. The Hall–Kier alpha value is -1.63. The summed E-state index contributed by atoms with van der Waals surface area (Å²) in [7, 11) is -0.512. The number of hydrogen-bond acceptors (Lipinski definition) is 8. The Morgan fingerprint density at radius 2 is 2.04 bits per heavy atom. The predicted octanol–water partition coefficient (Wildman–Crippen LogP) is -1.62. The van der Waals surface area contributed by atoms with Crippen LogP contribution in [-0.4, -0.2) is 50.3 Å². The fraction of sp³-hybridized carbons (Fsp3) is 0.583. The van der Waals surface area contributed by atoms with E-state index in [1.807, 2.05) is 10.9 Å². The van der Waals surface area contributed by atoms with E-state index in [2.05, 4.69) is 4.98 Å². The van der Waals surface area contributed by atoms with Gasteiger partial charge in [0.1, 0.15) is 5.88 Å². The van der Waals surface area contributed by atoms with Gasteiger partial charge in [0.25, 0.3) is 5.95 Å². The Morgan fingerprint density at radius 1 is 1.46 bits per heavy atom. The van der Waals surface area contributed by atoms with Crippen LogP contribution in [0.5, 0.6) is 0 Å². The lowest BCUT2D eigenvalue weighted by Crippen LogP contribution is -2.33. The summed E-state index contributed by atoms with van der Waals surface area (Å²) in [6.07, 6.45) is 1.81. The molecule has 24 heavy (non-hydrogen) atoms. The Bertz CT molecular complexity index is 859. The molecule has 3 N–H and O–H groups in total. The summed E-state index contributed by atoms with van der Waals surface area (Å²) < 4.78 is 33.3. The summed E-state index contributed by atoms with van der Waals surface area (Å²) in [5, 5.41) is 8.76. The molecule has 0 spiro atoms. The monoisotopic (exact) mass is 379 g/mol. The van der Waals surface area contributed by atoms with E-state index in [4.69, 9.17) is 10.8 Å². The largest absolute Gasteiger partial charge is 0.748 e. The molecule has 0 atom stereocenters. The van der Waals surface area contributed by atoms with Gasteiger partial charge in [-0.2, -0.15) is 0 Å². The van der Waals surface area contributed by atoms with Crippen molar-refractivity contribution in [1.82, 2.24) is 14.1 Å². The first kappa shape index (κ1) is 20.4. The number of hydrogen-bond donors (Lipinski definition) is 2. The third-order valence-electron chi connectivity index (χ3n) is 3.04. The third kappa shape index (κ3) is 5.19. The molecular weight excluding hydrogens is 358 g/mol. The molecule has 0 aliphatic heterocycles. The van der Waals surface area contributed by atoms with Gasteiger partial charge in [0.05, 0.1) is 23.8 Å². The molecule has 12 heteroatoms. The van der Waals surface area contributed by atoms with Crippen LogP contribution in [0.25, 0.3) is 11.2 Å². The van der Waals surface area contributed by atoms with Crippen LogP contribution in [0.3, 0.4) is 0 Å². The topological polar surface area (TPSA) is 147 Å². The Balaban J connectivity index is 0.000000413. The SMILES string of the molecule is CCS(=O)(=O)[O-].Cn1c(N)nc2c(c1=O)n(C)c[n+]2CSCCO. The first-order valence-electron chi connectivity index (χ1n) is 6.95. The van der Waals surface area contributed by atoms with Gasteiger partial charge in [-0.05, 0) is 0 Å². The van der Waals surface area contributed by atoms with Gasteiger partial charge in [-0.15, -0.1) is 11.8 Å². The van der Waals surface area contributed by atoms with Crippen molar-refractivity contribution in [3.05, 3.63) is 16.7 Å². The second-order valence-corrected chi connectivity index (χ2v) is 7.58. The number of fused-ring (bicyclic) bond motifs is 1. The summed E-state index contributed by atoms with van der Waals surface area (Å²) in [4.78, 5) is 16.3. The van der Waals surface area contributed by atoms with E-state index in [-0.39, 0.29) is 23.9 Å². The molecule has 0 saturated heterocycles. The van der Waals surface area contributed by atoms with Crippen molar-refractivity contribution in [2.24, 2.45) is 14.1 Å². The smallest absolute Gasteiger partial charge is 0.312 e. The minimum atomic E-state index is -3.91. The molecule has 10 nitrogen and oxygen atoms in total. The van der Waals surface area contributed by atoms with Crippen molar-refractivity contribution < 1.29 is 22.6 Å². The molecule has 0 bridgehead atoms. The van der Waals surface area contributed by atoms with Crippen LogP contribution in [0.1, 0.15) is 6.92 Å². The summed E-state index contributed by atoms with van der Waals surface area (Å²) in [6, 6.07) is 0. The van der Waals surface area contributed by atoms with Gasteiger partial charge in [-0.1, -0.05) is 11.9 Å². The average molecular weight is 379 g/mol. The van der Waals surface area contributed by atoms with Crippen LogP contribution in [0, 0.1) is 0 Å². The highest BCUT2D eigenvalue weighted by molar-refractivity contribution is 7.98. The molecular formula is C12H21N5O5S2. The number of imidazole rings is 1. The molecule has 2 aromatic heterocycles. The van der Waals surface area contributed by atoms with E-state index >= 15 is 0 Å². The second kappa shape index (κ2) is 8.46. The van der Waals surface area contributed by atoms with E-state index in [9.17, 15) is 17.8 Å². The molecule has 0 unspecified atom stereocenters. The molecule has 0 fully saturated rings. The molecule has 0 amide bonds. The first-order chi connectivity index (χ1) is 11.1. The number of nitrogens with two attached hydrogens (primary N) is 1. The van der Waals surface area contributed by atoms with Crippen LogP contribution in [-0.2, 0) is 30.1 Å². The van der Waals surface area contributed by atoms with Gasteiger partial charge in [-0.25, -0.2) is 13.0 Å². The Morgan fingerprint density at radius 3 is 2.54 bits per heavy atom. The number of nitrogen functional groups attached to an aromatic ring is 1. The van der Waals surface area contributed by atoms with Gasteiger partial charge in [0.15, 0.2) is 6.33 Å². The number of aryl methyl sites for hydroxylation is 1. The zero-order valence-electron chi connectivity index (χ0n) is 13.7. The van der Waals surface area contributed by atoms with Crippen LogP contribution >= 0.6 is 11.8 Å². The Labute approximate surface area is 143 Å². The Kier molecular flexibility index (Phi) is 7.20. The molecule has 136 valence electrons. The van der Waals surface area contributed by atoms with Gasteiger partial charge < -0.3 is 15.4 Å². The maximum atomic E-state index is 12.1. The van der Waals surface area contributed by atoms with Crippen molar-refractivity contribution in [3.63, 3.8) is 0 Å². The normalized spacial score (nSPS) is 11.4. The van der Waals surface area contributed by atoms with Crippen LogP contribution in [0.4, 0.5) is 5.95 Å². The lowest BCUT2D eigenvalue weighted by Gasteiger charge is -1.99. The maximum absolute atomic E-state index is 12.1. The van der Waals surface area contributed by atoms with E-state index in [1.165, 1.54) is 11.5 Å². The number of aliphatic hydroxyl groups is 1. The van der Waals surface area contributed by atoms with Gasteiger partial charge in [0, 0.05) is 18.6 Å². The number of nitrogens with zero attached hydrogens (tertiary/aromatic N) is 4. The molecule has 0 aliphatic rings. The quantitative estimate of drug-likeness (QED) is 0.358. The lowest BCUT2D eigenvalue weighted by molar-refractivity contribution is -0.652. The summed E-state index contributed by atoms with van der Waals surface area (Å²) in [5.41, 5.74) is 6.64. The molecule has 0 aliphatic carbocycles. The molecule has 2 rings (SSSR count). The minimum Gasteiger partial charge on any atom is -0.748 e. The van der Waals surface area contributed by atoms with E-state index < -0.39 is 10.1 Å². The van der Waals surface area contributed by atoms with Crippen molar-refractivity contribution in [1.29, 1.82) is 0 Å². The van der Waals surface area contributed by atoms with Crippen molar-refractivity contribution >= 4 is 39.0 Å². The maximum Gasteiger partial charge on any atom is 0.312 e. The van der Waals surface area contributed by atoms with E-state index in [1.54, 1.807) is 30.4 Å². The summed E-state index contributed by atoms with van der Waals surface area (Å²) in [6.45, 7) is 1.44. The van der Waals surface area contributed by atoms with Crippen molar-refractivity contribution in [3.8, 4) is 0 Å². The predicted molar refractivity (Wildman–Crippen MR) is 90.3 cm³/mol. The highest BCUT2D eigenvalue weighted by atomic mass is 32.2. The zero-order chi connectivity index (χ0) is 18.5. The van der Waals surface area contributed by atoms with Gasteiger partial charge in [-0.3, -0.25) is 13.9 Å². The molecule has 2 aromatic rings. The highest BCUT2D eigenvalue weighted by Crippen LogP contribution is 2.07. The zero-order valence-corrected chi connectivity index (χ0v) is 15.3.